The summed E-state index contributed by atoms with van der Waals surface area (Å²) in [4.78, 5) is 4.19. The predicted molar refractivity (Wildman–Crippen MR) is 71.4 cm³/mol. The summed E-state index contributed by atoms with van der Waals surface area (Å²) in [6.45, 7) is 4.93. The zero-order chi connectivity index (χ0) is 12.4. The Hall–Kier alpha value is -1.20. The van der Waals surface area contributed by atoms with Gasteiger partial charge < -0.3 is 15.2 Å². The highest BCUT2D eigenvalue weighted by Gasteiger charge is 2.17. The number of hydrogen-bond acceptors (Lipinski definition) is 5. The zero-order valence-corrected chi connectivity index (χ0v) is 11.2. The van der Waals surface area contributed by atoms with E-state index in [0.717, 1.165) is 4.70 Å². The summed E-state index contributed by atoms with van der Waals surface area (Å²) in [5.74, 6) is 1.30. The third kappa shape index (κ3) is 2.25. The van der Waals surface area contributed by atoms with Crippen LogP contribution < -0.4 is 15.2 Å². The maximum absolute atomic E-state index is 6.14. The van der Waals surface area contributed by atoms with Crippen LogP contribution in [0.2, 0.25) is 5.02 Å². The Bertz CT molecular complexity index is 542. The second kappa shape index (κ2) is 4.98. The van der Waals surface area contributed by atoms with Gasteiger partial charge in [-0.2, -0.15) is 0 Å². The summed E-state index contributed by atoms with van der Waals surface area (Å²) in [5.41, 5.74) is 6.37. The minimum Gasteiger partial charge on any atom is -0.490 e. The highest BCUT2D eigenvalue weighted by atomic mass is 35.5. The van der Waals surface area contributed by atoms with Crippen LogP contribution in [0.4, 0.5) is 5.13 Å². The number of ether oxygens (including phenoxy) is 2. The number of rotatable bonds is 4. The van der Waals surface area contributed by atoms with Gasteiger partial charge in [0.15, 0.2) is 16.6 Å². The van der Waals surface area contributed by atoms with Crippen molar-refractivity contribution in [2.24, 2.45) is 0 Å². The molecule has 0 aliphatic rings. The molecule has 0 radical (unpaired) electrons. The summed E-state index contributed by atoms with van der Waals surface area (Å²) < 4.78 is 12.0. The molecule has 2 aromatic rings. The van der Waals surface area contributed by atoms with Crippen molar-refractivity contribution in [3.8, 4) is 11.5 Å². The zero-order valence-electron chi connectivity index (χ0n) is 9.62. The van der Waals surface area contributed by atoms with Crippen LogP contribution >= 0.6 is 22.9 Å². The molecule has 0 aliphatic carbocycles. The average molecular weight is 273 g/mol. The van der Waals surface area contributed by atoms with E-state index in [9.17, 15) is 0 Å². The number of anilines is 1. The van der Waals surface area contributed by atoms with E-state index >= 15 is 0 Å². The monoisotopic (exact) mass is 272 g/mol. The van der Waals surface area contributed by atoms with Gasteiger partial charge in [0.05, 0.1) is 18.2 Å². The van der Waals surface area contributed by atoms with Crippen LogP contribution in [0.1, 0.15) is 13.8 Å². The fourth-order valence-electron chi connectivity index (χ4n) is 1.56. The molecular formula is C11H13ClN2O2S. The highest BCUT2D eigenvalue weighted by Crippen LogP contribution is 2.43. The number of nitrogens with zero attached hydrogens (tertiary/aromatic N) is 1. The third-order valence-corrected chi connectivity index (χ3v) is 3.32. The summed E-state index contributed by atoms with van der Waals surface area (Å²) >= 11 is 7.49. The molecule has 0 saturated heterocycles. The maximum atomic E-state index is 6.14. The van der Waals surface area contributed by atoms with E-state index in [1.807, 2.05) is 13.8 Å². The van der Waals surface area contributed by atoms with Crippen LogP contribution in [-0.2, 0) is 0 Å². The topological polar surface area (TPSA) is 57.4 Å². The Labute approximate surface area is 108 Å². The summed E-state index contributed by atoms with van der Waals surface area (Å²) in [6, 6.07) is 1.72. The lowest BCUT2D eigenvalue weighted by Crippen LogP contribution is -1.98. The Balaban J connectivity index is 2.67. The van der Waals surface area contributed by atoms with Crippen LogP contribution in [0.15, 0.2) is 6.07 Å². The van der Waals surface area contributed by atoms with E-state index in [2.05, 4.69) is 4.98 Å². The number of nitrogens with two attached hydrogens (primary N) is 1. The van der Waals surface area contributed by atoms with Crippen molar-refractivity contribution in [2.75, 3.05) is 18.9 Å². The molecule has 6 heteroatoms. The summed E-state index contributed by atoms with van der Waals surface area (Å²) in [7, 11) is 0. The first-order valence-corrected chi connectivity index (χ1v) is 6.50. The van der Waals surface area contributed by atoms with Crippen molar-refractivity contribution < 1.29 is 9.47 Å². The standard InChI is InChI=1S/C11H13ClN2O2S/c1-3-15-7-5-6(12)8-10(9(7)16-4-2)17-11(13)14-8/h5H,3-4H2,1-2H3,(H2,13,14). The van der Waals surface area contributed by atoms with Gasteiger partial charge in [0.1, 0.15) is 10.2 Å². The first kappa shape index (κ1) is 12.3. The van der Waals surface area contributed by atoms with Gasteiger partial charge in [-0.3, -0.25) is 0 Å². The van der Waals surface area contributed by atoms with Crippen molar-refractivity contribution >= 4 is 38.3 Å². The van der Waals surface area contributed by atoms with Gasteiger partial charge in [0.25, 0.3) is 0 Å². The molecule has 1 heterocycles. The number of thiazole rings is 1. The lowest BCUT2D eigenvalue weighted by molar-refractivity contribution is 0.291. The largest absolute Gasteiger partial charge is 0.490 e. The van der Waals surface area contributed by atoms with Gasteiger partial charge in [-0.25, -0.2) is 4.98 Å². The summed E-state index contributed by atoms with van der Waals surface area (Å²) in [5, 5.41) is 0.997. The Morgan fingerprint density at radius 3 is 2.71 bits per heavy atom. The molecule has 2 rings (SSSR count). The normalized spacial score (nSPS) is 10.8. The van der Waals surface area contributed by atoms with Crippen molar-refractivity contribution in [1.29, 1.82) is 0 Å². The Kier molecular flexibility index (Phi) is 3.59. The minimum atomic E-state index is 0.469. The number of nitrogen functional groups attached to an aromatic ring is 1. The predicted octanol–water partition coefficient (Wildman–Crippen LogP) is 3.33. The Morgan fingerprint density at radius 2 is 2.06 bits per heavy atom. The third-order valence-electron chi connectivity index (χ3n) is 2.15. The number of fused-ring (bicyclic) bond motifs is 1. The molecule has 0 spiro atoms. The van der Waals surface area contributed by atoms with Gasteiger partial charge in [0.2, 0.25) is 0 Å². The number of halogens is 1. The van der Waals surface area contributed by atoms with Crippen molar-refractivity contribution in [1.82, 2.24) is 4.98 Å². The molecule has 17 heavy (non-hydrogen) atoms. The van der Waals surface area contributed by atoms with Crippen LogP contribution in [0, 0.1) is 0 Å². The molecule has 0 saturated carbocycles. The van der Waals surface area contributed by atoms with Crippen molar-refractivity contribution in [2.45, 2.75) is 13.8 Å². The van der Waals surface area contributed by atoms with Crippen LogP contribution in [0.3, 0.4) is 0 Å². The van der Waals surface area contributed by atoms with E-state index in [1.54, 1.807) is 6.07 Å². The number of benzene rings is 1. The van der Waals surface area contributed by atoms with E-state index in [0.29, 0.717) is 40.4 Å². The second-order valence-corrected chi connectivity index (χ2v) is 4.72. The van der Waals surface area contributed by atoms with Crippen LogP contribution in [-0.4, -0.2) is 18.2 Å². The molecule has 0 bridgehead atoms. The van der Waals surface area contributed by atoms with Gasteiger partial charge in [-0.1, -0.05) is 22.9 Å². The first-order chi connectivity index (χ1) is 8.17. The molecule has 92 valence electrons. The van der Waals surface area contributed by atoms with E-state index in [1.165, 1.54) is 11.3 Å². The number of hydrogen-bond donors (Lipinski definition) is 1. The van der Waals surface area contributed by atoms with E-state index < -0.39 is 0 Å². The maximum Gasteiger partial charge on any atom is 0.181 e. The molecule has 0 atom stereocenters. The SMILES string of the molecule is CCOc1cc(Cl)c2nc(N)sc2c1OCC. The molecule has 0 fully saturated rings. The summed E-state index contributed by atoms with van der Waals surface area (Å²) in [6.07, 6.45) is 0. The van der Waals surface area contributed by atoms with Crippen LogP contribution in [0.5, 0.6) is 11.5 Å². The first-order valence-electron chi connectivity index (χ1n) is 5.31. The van der Waals surface area contributed by atoms with Gasteiger partial charge in [0, 0.05) is 6.07 Å². The highest BCUT2D eigenvalue weighted by molar-refractivity contribution is 7.22. The van der Waals surface area contributed by atoms with Gasteiger partial charge in [-0.05, 0) is 13.8 Å². The molecule has 4 nitrogen and oxygen atoms in total. The van der Waals surface area contributed by atoms with Gasteiger partial charge >= 0.3 is 0 Å². The average Bonchev–Trinajstić information content (AvgIpc) is 2.67. The minimum absolute atomic E-state index is 0.469. The Morgan fingerprint density at radius 1 is 1.35 bits per heavy atom. The van der Waals surface area contributed by atoms with E-state index in [-0.39, 0.29) is 0 Å². The van der Waals surface area contributed by atoms with Crippen molar-refractivity contribution in [3.05, 3.63) is 11.1 Å². The molecule has 0 amide bonds. The fourth-order valence-corrected chi connectivity index (χ4v) is 2.70. The number of aromatic nitrogens is 1. The molecule has 0 unspecified atom stereocenters. The molecular weight excluding hydrogens is 260 g/mol. The van der Waals surface area contributed by atoms with Gasteiger partial charge in [-0.15, -0.1) is 0 Å². The lowest BCUT2D eigenvalue weighted by atomic mass is 10.3. The molecule has 1 aromatic heterocycles. The lowest BCUT2D eigenvalue weighted by Gasteiger charge is -2.11. The molecule has 0 aliphatic heterocycles. The second-order valence-electron chi connectivity index (χ2n) is 3.28. The molecule has 2 N–H and O–H groups in total. The quantitative estimate of drug-likeness (QED) is 0.927. The smallest absolute Gasteiger partial charge is 0.181 e. The van der Waals surface area contributed by atoms with Crippen molar-refractivity contribution in [3.63, 3.8) is 0 Å². The fraction of sp³-hybridized carbons (Fsp3) is 0.364. The van der Waals surface area contributed by atoms with Crippen LogP contribution in [0.25, 0.3) is 10.2 Å². The molecule has 1 aromatic carbocycles. The van der Waals surface area contributed by atoms with E-state index in [4.69, 9.17) is 26.8 Å².